The molecule has 0 radical (unpaired) electrons. The van der Waals surface area contributed by atoms with Gasteiger partial charge in [-0.05, 0) is 24.3 Å². The fourth-order valence-electron chi connectivity index (χ4n) is 1.80. The van der Waals surface area contributed by atoms with Crippen LogP contribution in [-0.2, 0) is 6.54 Å². The molecule has 4 nitrogen and oxygen atoms in total. The van der Waals surface area contributed by atoms with Gasteiger partial charge < -0.3 is 9.73 Å². The monoisotopic (exact) mass is 259 g/mol. The van der Waals surface area contributed by atoms with Crippen molar-refractivity contribution in [2.75, 3.05) is 5.32 Å². The number of fused-ring (bicyclic) bond motifs is 1. The van der Waals surface area contributed by atoms with Gasteiger partial charge in [0.2, 0.25) is 0 Å². The predicted octanol–water partition coefficient (Wildman–Crippen LogP) is 3.49. The van der Waals surface area contributed by atoms with Gasteiger partial charge in [0.15, 0.2) is 6.39 Å². The van der Waals surface area contributed by atoms with Crippen molar-refractivity contribution in [3.05, 3.63) is 53.8 Å². The van der Waals surface area contributed by atoms with Crippen LogP contribution >= 0.6 is 11.6 Å². The number of aromatic nitrogens is 2. The van der Waals surface area contributed by atoms with E-state index >= 15 is 0 Å². The first-order valence-corrected chi connectivity index (χ1v) is 5.87. The number of oxazole rings is 1. The van der Waals surface area contributed by atoms with Crippen LogP contribution in [0, 0.1) is 0 Å². The van der Waals surface area contributed by atoms with Crippen molar-refractivity contribution in [2.45, 2.75) is 6.54 Å². The molecule has 3 aromatic rings. The minimum atomic E-state index is 0.575. The molecule has 0 unspecified atom stereocenters. The second-order valence-corrected chi connectivity index (χ2v) is 4.22. The molecule has 90 valence electrons. The van der Waals surface area contributed by atoms with E-state index < -0.39 is 0 Å². The van der Waals surface area contributed by atoms with Crippen LogP contribution in [0.5, 0.6) is 0 Å². The number of hydrogen-bond acceptors (Lipinski definition) is 4. The molecular weight excluding hydrogens is 250 g/mol. The first-order chi connectivity index (χ1) is 8.84. The van der Waals surface area contributed by atoms with Crippen LogP contribution in [-0.4, -0.2) is 9.97 Å². The third-order valence-electron chi connectivity index (χ3n) is 2.66. The van der Waals surface area contributed by atoms with E-state index in [1.807, 2.05) is 24.3 Å². The molecule has 18 heavy (non-hydrogen) atoms. The highest BCUT2D eigenvalue weighted by Gasteiger charge is 2.05. The van der Waals surface area contributed by atoms with E-state index in [1.54, 1.807) is 12.4 Å². The Balaban J connectivity index is 1.94. The summed E-state index contributed by atoms with van der Waals surface area (Å²) in [5.41, 5.74) is 1.76. The number of rotatable bonds is 3. The molecule has 1 aromatic carbocycles. The van der Waals surface area contributed by atoms with E-state index in [4.69, 9.17) is 16.0 Å². The maximum Gasteiger partial charge on any atom is 0.180 e. The van der Waals surface area contributed by atoms with Gasteiger partial charge in [0, 0.05) is 17.3 Å². The minimum Gasteiger partial charge on any atom is -0.447 e. The Hall–Kier alpha value is -2.07. The predicted molar refractivity (Wildman–Crippen MR) is 70.6 cm³/mol. The molecule has 0 aliphatic carbocycles. The number of anilines is 1. The molecular formula is C13H10ClN3O. The number of nitrogens with zero attached hydrogens (tertiary/aromatic N) is 2. The maximum absolute atomic E-state index is 6.11. The molecule has 0 aliphatic heterocycles. The summed E-state index contributed by atoms with van der Waals surface area (Å²) in [6, 6.07) is 7.64. The van der Waals surface area contributed by atoms with Crippen molar-refractivity contribution in [2.24, 2.45) is 0 Å². The van der Waals surface area contributed by atoms with Gasteiger partial charge in [0.25, 0.3) is 0 Å². The fourth-order valence-corrected chi connectivity index (χ4v) is 2.02. The molecule has 3 rings (SSSR count). The largest absolute Gasteiger partial charge is 0.447 e. The summed E-state index contributed by atoms with van der Waals surface area (Å²) >= 11 is 6.11. The second-order valence-electron chi connectivity index (χ2n) is 3.82. The lowest BCUT2D eigenvalue weighted by Crippen LogP contribution is -1.99. The van der Waals surface area contributed by atoms with Gasteiger partial charge in [-0.25, -0.2) is 4.98 Å². The Bertz CT molecular complexity index is 667. The number of pyridine rings is 1. The topological polar surface area (TPSA) is 51.0 Å². The second kappa shape index (κ2) is 4.66. The number of benzene rings is 1. The summed E-state index contributed by atoms with van der Waals surface area (Å²) in [6.45, 7) is 0.575. The zero-order valence-electron chi connectivity index (χ0n) is 9.43. The molecule has 1 N–H and O–H groups in total. The third kappa shape index (κ3) is 2.02. The summed E-state index contributed by atoms with van der Waals surface area (Å²) in [6.07, 6.45) is 4.83. The minimum absolute atomic E-state index is 0.575. The van der Waals surface area contributed by atoms with Crippen LogP contribution < -0.4 is 5.32 Å². The van der Waals surface area contributed by atoms with Gasteiger partial charge in [-0.2, -0.15) is 0 Å². The SMILES string of the molecule is Clc1ccc(NCc2cnco2)c2cccnc12. The van der Waals surface area contributed by atoms with Crippen LogP contribution in [0.4, 0.5) is 5.69 Å². The van der Waals surface area contributed by atoms with Crippen LogP contribution in [0.15, 0.2) is 47.5 Å². The standard InChI is InChI=1S/C13H10ClN3O/c14-11-3-4-12(10-2-1-5-16-13(10)11)17-7-9-6-15-8-18-9/h1-6,8,17H,7H2. The lowest BCUT2D eigenvalue weighted by Gasteiger charge is -2.08. The number of hydrogen-bond donors (Lipinski definition) is 1. The Morgan fingerprint density at radius 1 is 1.28 bits per heavy atom. The van der Waals surface area contributed by atoms with Gasteiger partial charge in [-0.15, -0.1) is 0 Å². The molecule has 2 aromatic heterocycles. The number of nitrogens with one attached hydrogen (secondary N) is 1. The molecule has 0 aliphatic rings. The van der Waals surface area contributed by atoms with Crippen molar-refractivity contribution in [3.8, 4) is 0 Å². The molecule has 5 heteroatoms. The zero-order valence-corrected chi connectivity index (χ0v) is 10.2. The Morgan fingerprint density at radius 2 is 2.22 bits per heavy atom. The van der Waals surface area contributed by atoms with E-state index in [0.29, 0.717) is 11.6 Å². The molecule has 0 atom stereocenters. The quantitative estimate of drug-likeness (QED) is 0.782. The molecule has 2 heterocycles. The first-order valence-electron chi connectivity index (χ1n) is 5.49. The summed E-state index contributed by atoms with van der Waals surface area (Å²) in [4.78, 5) is 8.15. The van der Waals surface area contributed by atoms with E-state index in [0.717, 1.165) is 22.4 Å². The first kappa shape index (κ1) is 11.0. The lowest BCUT2D eigenvalue weighted by atomic mass is 10.2. The van der Waals surface area contributed by atoms with Gasteiger partial charge in [-0.1, -0.05) is 11.6 Å². The van der Waals surface area contributed by atoms with Crippen molar-refractivity contribution in [3.63, 3.8) is 0 Å². The highest BCUT2D eigenvalue weighted by Crippen LogP contribution is 2.28. The van der Waals surface area contributed by atoms with Crippen molar-refractivity contribution >= 4 is 28.2 Å². The van der Waals surface area contributed by atoms with Crippen molar-refractivity contribution in [1.29, 1.82) is 0 Å². The average Bonchev–Trinajstić information content (AvgIpc) is 2.92. The highest BCUT2D eigenvalue weighted by molar-refractivity contribution is 6.35. The normalized spacial score (nSPS) is 10.7. The fraction of sp³-hybridized carbons (Fsp3) is 0.0769. The van der Waals surface area contributed by atoms with E-state index in [9.17, 15) is 0 Å². The van der Waals surface area contributed by atoms with Gasteiger partial charge in [0.05, 0.1) is 23.3 Å². The molecule has 0 amide bonds. The molecule has 0 spiro atoms. The van der Waals surface area contributed by atoms with Crippen molar-refractivity contribution in [1.82, 2.24) is 9.97 Å². The molecule has 0 bridgehead atoms. The summed E-state index contributed by atoms with van der Waals surface area (Å²) in [5, 5.41) is 4.92. The maximum atomic E-state index is 6.11. The number of halogens is 1. The van der Waals surface area contributed by atoms with Crippen LogP contribution in [0.25, 0.3) is 10.9 Å². The zero-order chi connectivity index (χ0) is 12.4. The van der Waals surface area contributed by atoms with Gasteiger partial charge in [0.1, 0.15) is 5.76 Å². The Kier molecular flexibility index (Phi) is 2.86. The van der Waals surface area contributed by atoms with E-state index in [2.05, 4.69) is 15.3 Å². The van der Waals surface area contributed by atoms with E-state index in [1.165, 1.54) is 6.39 Å². The molecule has 0 saturated carbocycles. The summed E-state index contributed by atoms with van der Waals surface area (Å²) in [5.74, 6) is 0.780. The summed E-state index contributed by atoms with van der Waals surface area (Å²) < 4.78 is 5.18. The average molecular weight is 260 g/mol. The third-order valence-corrected chi connectivity index (χ3v) is 2.96. The van der Waals surface area contributed by atoms with Crippen LogP contribution in [0.3, 0.4) is 0 Å². The summed E-state index contributed by atoms with van der Waals surface area (Å²) in [7, 11) is 0. The van der Waals surface area contributed by atoms with E-state index in [-0.39, 0.29) is 0 Å². The Labute approximate surface area is 109 Å². The van der Waals surface area contributed by atoms with Crippen molar-refractivity contribution < 1.29 is 4.42 Å². The smallest absolute Gasteiger partial charge is 0.180 e. The Morgan fingerprint density at radius 3 is 3.06 bits per heavy atom. The van der Waals surface area contributed by atoms with Crippen LogP contribution in [0.2, 0.25) is 5.02 Å². The van der Waals surface area contributed by atoms with Crippen LogP contribution in [0.1, 0.15) is 5.76 Å². The molecule has 0 fully saturated rings. The lowest BCUT2D eigenvalue weighted by molar-refractivity contribution is 0.512. The molecule has 0 saturated heterocycles. The highest BCUT2D eigenvalue weighted by atomic mass is 35.5. The van der Waals surface area contributed by atoms with Gasteiger partial charge in [-0.3, -0.25) is 4.98 Å². The van der Waals surface area contributed by atoms with Gasteiger partial charge >= 0.3 is 0 Å².